The van der Waals surface area contributed by atoms with Crippen LogP contribution in [-0.4, -0.2) is 17.5 Å². The van der Waals surface area contributed by atoms with Gasteiger partial charge in [-0.15, -0.1) is 0 Å². The number of ketones is 1. The molecule has 0 N–H and O–H groups in total. The van der Waals surface area contributed by atoms with Crippen molar-refractivity contribution in [3.63, 3.8) is 0 Å². The monoisotopic (exact) mass is 166 g/mol. The first-order valence-electron chi connectivity index (χ1n) is 4.43. The van der Waals surface area contributed by atoms with Gasteiger partial charge in [-0.2, -0.15) is 0 Å². The second kappa shape index (κ2) is 2.19. The van der Waals surface area contributed by atoms with Crippen LogP contribution in [-0.2, 0) is 9.53 Å². The van der Waals surface area contributed by atoms with Crippen molar-refractivity contribution in [2.75, 3.05) is 0 Å². The highest BCUT2D eigenvalue weighted by atomic mass is 16.6. The molecule has 2 aliphatic rings. The standard InChI is InChI=1S/C10H14O2/c1-6(2)7-4-5-10(3)9(12-10)8(7)11/h9H,4-5H2,1-3H3. The van der Waals surface area contributed by atoms with E-state index in [4.69, 9.17) is 4.74 Å². The number of epoxide rings is 1. The van der Waals surface area contributed by atoms with E-state index in [0.717, 1.165) is 24.0 Å². The van der Waals surface area contributed by atoms with E-state index < -0.39 is 0 Å². The molecule has 2 rings (SSSR count). The molecular formula is C10H14O2. The van der Waals surface area contributed by atoms with E-state index in [2.05, 4.69) is 0 Å². The second-order valence-corrected chi connectivity index (χ2v) is 4.15. The Morgan fingerprint density at radius 2 is 2.25 bits per heavy atom. The van der Waals surface area contributed by atoms with Gasteiger partial charge in [0.1, 0.15) is 11.7 Å². The molecule has 0 bridgehead atoms. The fourth-order valence-corrected chi connectivity index (χ4v) is 1.91. The molecule has 1 heterocycles. The largest absolute Gasteiger partial charge is 0.358 e. The molecule has 1 aliphatic heterocycles. The Morgan fingerprint density at radius 3 is 2.83 bits per heavy atom. The number of allylic oxidation sites excluding steroid dienone is 1. The van der Waals surface area contributed by atoms with Gasteiger partial charge in [0.2, 0.25) is 0 Å². The lowest BCUT2D eigenvalue weighted by atomic mass is 9.84. The van der Waals surface area contributed by atoms with Crippen LogP contribution < -0.4 is 0 Å². The number of hydrogen-bond donors (Lipinski definition) is 0. The first-order chi connectivity index (χ1) is 5.54. The number of fused-ring (bicyclic) bond motifs is 1. The summed E-state index contributed by atoms with van der Waals surface area (Å²) >= 11 is 0. The number of carbonyl (C=O) groups excluding carboxylic acids is 1. The topological polar surface area (TPSA) is 29.6 Å². The van der Waals surface area contributed by atoms with Gasteiger partial charge in [0.15, 0.2) is 5.78 Å². The van der Waals surface area contributed by atoms with Gasteiger partial charge in [-0.25, -0.2) is 0 Å². The number of ether oxygens (including phenoxy) is 1. The molecule has 0 radical (unpaired) electrons. The van der Waals surface area contributed by atoms with Crippen LogP contribution in [0.1, 0.15) is 33.6 Å². The zero-order chi connectivity index (χ0) is 8.93. The summed E-state index contributed by atoms with van der Waals surface area (Å²) in [5, 5.41) is 0. The minimum atomic E-state index is -0.115. The molecule has 0 aromatic carbocycles. The maximum Gasteiger partial charge on any atom is 0.190 e. The third-order valence-electron chi connectivity index (χ3n) is 2.89. The van der Waals surface area contributed by atoms with Crippen LogP contribution in [0.25, 0.3) is 0 Å². The van der Waals surface area contributed by atoms with Crippen molar-refractivity contribution >= 4 is 5.78 Å². The van der Waals surface area contributed by atoms with Gasteiger partial charge in [0.25, 0.3) is 0 Å². The van der Waals surface area contributed by atoms with Crippen molar-refractivity contribution in [2.45, 2.75) is 45.3 Å². The molecule has 1 saturated heterocycles. The highest BCUT2D eigenvalue weighted by Gasteiger charge is 2.59. The SMILES string of the molecule is CC(C)=C1CCC2(C)OC2C1=O. The van der Waals surface area contributed by atoms with Gasteiger partial charge in [0, 0.05) is 0 Å². The molecule has 12 heavy (non-hydrogen) atoms. The zero-order valence-corrected chi connectivity index (χ0v) is 7.81. The summed E-state index contributed by atoms with van der Waals surface area (Å²) in [6, 6.07) is 0. The van der Waals surface area contributed by atoms with Crippen LogP contribution in [0.15, 0.2) is 11.1 Å². The van der Waals surface area contributed by atoms with Crippen molar-refractivity contribution in [1.29, 1.82) is 0 Å². The lowest BCUT2D eigenvalue weighted by molar-refractivity contribution is -0.117. The average Bonchev–Trinajstić information content (AvgIpc) is 2.62. The van der Waals surface area contributed by atoms with Gasteiger partial charge in [-0.05, 0) is 39.2 Å². The van der Waals surface area contributed by atoms with E-state index in [1.807, 2.05) is 20.8 Å². The van der Waals surface area contributed by atoms with E-state index >= 15 is 0 Å². The lowest BCUT2D eigenvalue weighted by Crippen LogP contribution is -2.26. The van der Waals surface area contributed by atoms with E-state index in [1.165, 1.54) is 0 Å². The summed E-state index contributed by atoms with van der Waals surface area (Å²) in [7, 11) is 0. The number of carbonyl (C=O) groups is 1. The Hall–Kier alpha value is -0.630. The quantitative estimate of drug-likeness (QED) is 0.406. The first-order valence-corrected chi connectivity index (χ1v) is 4.43. The highest BCUT2D eigenvalue weighted by molar-refractivity contribution is 6.02. The Labute approximate surface area is 72.6 Å². The van der Waals surface area contributed by atoms with Gasteiger partial charge in [-0.1, -0.05) is 5.57 Å². The van der Waals surface area contributed by atoms with Crippen LogP contribution in [0.5, 0.6) is 0 Å². The molecule has 2 atom stereocenters. The van der Waals surface area contributed by atoms with Gasteiger partial charge in [0.05, 0.1) is 0 Å². The van der Waals surface area contributed by atoms with Crippen LogP contribution >= 0.6 is 0 Å². The van der Waals surface area contributed by atoms with Crippen LogP contribution in [0.2, 0.25) is 0 Å². The Balaban J connectivity index is 2.26. The molecule has 1 saturated carbocycles. The van der Waals surface area contributed by atoms with Gasteiger partial charge < -0.3 is 4.74 Å². The number of hydrogen-bond acceptors (Lipinski definition) is 2. The molecule has 0 amide bonds. The lowest BCUT2D eigenvalue weighted by Gasteiger charge is -2.15. The molecule has 2 nitrogen and oxygen atoms in total. The second-order valence-electron chi connectivity index (χ2n) is 4.15. The maximum atomic E-state index is 11.6. The molecule has 2 fully saturated rings. The summed E-state index contributed by atoms with van der Waals surface area (Å²) in [6.07, 6.45) is 1.79. The van der Waals surface area contributed by atoms with E-state index in [-0.39, 0.29) is 17.5 Å². The Kier molecular flexibility index (Phi) is 1.46. The zero-order valence-electron chi connectivity index (χ0n) is 7.81. The fraction of sp³-hybridized carbons (Fsp3) is 0.700. The molecule has 2 unspecified atom stereocenters. The third-order valence-corrected chi connectivity index (χ3v) is 2.89. The Bertz CT molecular complexity index is 274. The predicted octanol–water partition coefficient (Wildman–Crippen LogP) is 1.84. The molecule has 1 aliphatic carbocycles. The van der Waals surface area contributed by atoms with Crippen molar-refractivity contribution in [3.8, 4) is 0 Å². The minimum Gasteiger partial charge on any atom is -0.358 e. The number of Topliss-reactive ketones (excluding diaryl/α,β-unsaturated/α-hetero) is 1. The average molecular weight is 166 g/mol. The molecule has 0 aromatic heterocycles. The summed E-state index contributed by atoms with van der Waals surface area (Å²) in [6.45, 7) is 6.02. The van der Waals surface area contributed by atoms with Gasteiger partial charge in [-0.3, -0.25) is 4.79 Å². The highest BCUT2D eigenvalue weighted by Crippen LogP contribution is 2.47. The smallest absolute Gasteiger partial charge is 0.190 e. The molecule has 0 spiro atoms. The van der Waals surface area contributed by atoms with Crippen molar-refractivity contribution in [1.82, 2.24) is 0 Å². The minimum absolute atomic E-state index is 0.101. The van der Waals surface area contributed by atoms with Crippen LogP contribution in [0.4, 0.5) is 0 Å². The summed E-state index contributed by atoms with van der Waals surface area (Å²) < 4.78 is 5.37. The fourth-order valence-electron chi connectivity index (χ4n) is 1.91. The summed E-state index contributed by atoms with van der Waals surface area (Å²) in [4.78, 5) is 11.6. The van der Waals surface area contributed by atoms with E-state index in [0.29, 0.717) is 0 Å². The molecule has 0 aromatic rings. The summed E-state index contributed by atoms with van der Waals surface area (Å²) in [5.74, 6) is 0.226. The first kappa shape index (κ1) is 7.99. The van der Waals surface area contributed by atoms with Crippen molar-refractivity contribution in [3.05, 3.63) is 11.1 Å². The maximum absolute atomic E-state index is 11.6. The van der Waals surface area contributed by atoms with E-state index in [9.17, 15) is 4.79 Å². The predicted molar refractivity (Wildman–Crippen MR) is 45.9 cm³/mol. The van der Waals surface area contributed by atoms with Crippen LogP contribution in [0, 0.1) is 0 Å². The molecular weight excluding hydrogens is 152 g/mol. The molecule has 2 heteroatoms. The van der Waals surface area contributed by atoms with Crippen LogP contribution in [0.3, 0.4) is 0 Å². The number of rotatable bonds is 0. The van der Waals surface area contributed by atoms with E-state index in [1.54, 1.807) is 0 Å². The van der Waals surface area contributed by atoms with Crippen molar-refractivity contribution < 1.29 is 9.53 Å². The normalized spacial score (nSPS) is 39.4. The third kappa shape index (κ3) is 0.944. The summed E-state index contributed by atoms with van der Waals surface area (Å²) in [5.41, 5.74) is 2.04. The van der Waals surface area contributed by atoms with Crippen molar-refractivity contribution in [2.24, 2.45) is 0 Å². The Morgan fingerprint density at radius 1 is 1.58 bits per heavy atom. The molecule has 66 valence electrons. The van der Waals surface area contributed by atoms with Gasteiger partial charge >= 0.3 is 0 Å².